The predicted octanol–water partition coefficient (Wildman–Crippen LogP) is -1.61. The first-order valence-electron chi connectivity index (χ1n) is 24.4. The number of nitrogens with one attached hydrogen (secondary N) is 7. The summed E-state index contributed by atoms with van der Waals surface area (Å²) >= 11 is 1.29. The topological polar surface area (TPSA) is 409 Å². The Labute approximate surface area is 437 Å². The Morgan fingerprint density at radius 3 is 2.00 bits per heavy atom. The summed E-state index contributed by atoms with van der Waals surface area (Å²) in [6.45, 7) is 5.26. The van der Waals surface area contributed by atoms with Crippen LogP contribution in [0.1, 0.15) is 69.7 Å². The lowest BCUT2D eigenvalue weighted by Gasteiger charge is -2.31. The Bertz CT molecular complexity index is 2440. The molecule has 0 saturated carbocycles. The van der Waals surface area contributed by atoms with Crippen LogP contribution >= 0.6 is 11.8 Å². The molecule has 4 rings (SSSR count). The van der Waals surface area contributed by atoms with E-state index in [-0.39, 0.29) is 69.1 Å². The van der Waals surface area contributed by atoms with Gasteiger partial charge in [-0.25, -0.2) is 9.78 Å². The van der Waals surface area contributed by atoms with E-state index in [1.54, 1.807) is 44.2 Å². The number of carbonyl (C=O) groups excluding carboxylic acids is 7. The number of H-pyrrole nitrogens is 1. The molecule has 0 aliphatic carbocycles. The van der Waals surface area contributed by atoms with Gasteiger partial charge in [0.1, 0.15) is 48.0 Å². The average Bonchev–Trinajstić information content (AvgIpc) is 4.08. The lowest BCUT2D eigenvalue weighted by molar-refractivity contribution is -0.145. The van der Waals surface area contributed by atoms with Crippen molar-refractivity contribution in [2.24, 2.45) is 28.1 Å². The molecule has 0 radical (unpaired) electrons. The van der Waals surface area contributed by atoms with Crippen LogP contribution in [0.3, 0.4) is 0 Å². The maximum Gasteiger partial charge on any atom is 0.326 e. The summed E-state index contributed by atoms with van der Waals surface area (Å²) in [5.74, 6) is -8.57. The first-order valence-corrected chi connectivity index (χ1v) is 25.6. The van der Waals surface area contributed by atoms with Crippen LogP contribution in [0, 0.1) is 5.92 Å². The number of aliphatic carboxylic acids is 2. The van der Waals surface area contributed by atoms with Crippen molar-refractivity contribution in [1.29, 1.82) is 0 Å². The number of nitrogens with zero attached hydrogens (tertiary/aromatic N) is 3. The molecule has 7 amide bonds. The number of carbonyl (C=O) groups is 9. The smallest absolute Gasteiger partial charge is 0.326 e. The molecule has 16 N–H and O–H groups in total. The van der Waals surface area contributed by atoms with Gasteiger partial charge in [-0.1, -0.05) is 63.2 Å². The van der Waals surface area contributed by atoms with Gasteiger partial charge in [0, 0.05) is 50.0 Å². The van der Waals surface area contributed by atoms with Crippen LogP contribution in [0.25, 0.3) is 0 Å². The van der Waals surface area contributed by atoms with Gasteiger partial charge in [-0.3, -0.25) is 43.3 Å². The molecule has 1 saturated heterocycles. The molecule has 26 heteroatoms. The number of aromatic hydroxyl groups is 1. The first kappa shape index (κ1) is 59.8. The molecule has 1 aliphatic heterocycles. The third-order valence-corrected chi connectivity index (χ3v) is 13.0. The summed E-state index contributed by atoms with van der Waals surface area (Å²) in [4.78, 5) is 134. The van der Waals surface area contributed by atoms with Gasteiger partial charge in [-0.05, 0) is 60.6 Å². The van der Waals surface area contributed by atoms with Crippen LogP contribution in [-0.4, -0.2) is 162 Å². The number of benzene rings is 2. The quantitative estimate of drug-likeness (QED) is 0.0203. The summed E-state index contributed by atoms with van der Waals surface area (Å²) in [5, 5.41) is 45.0. The minimum absolute atomic E-state index is 0.00195. The Kier molecular flexibility index (Phi) is 23.8. The SMILES string of the molecule is CCSC[C@H](NC(=O)[C@H](Cc1ccc(O)cc1)NC(=O)[C@@H](NC(=O)[C@H](CCCN=C(N)N)NC(=O)[C@@H](N)CC(=O)O)C(C)C)C(=O)N[C@@H](Cc1cnc[nH]1)C(=O)N1CCC[C@H]1C(=O)N[C@@H](Cc1ccccc1)C(=O)O. The standard InChI is InChI=1S/C49H69N13O12S/c1-4-75-25-37(44(69)58-35(22-30-24-53-26-55-30)47(72)62-19-9-13-38(62)45(70)59-36(48(73)74)21-28-10-6-5-7-11-28)60-43(68)34(20-29-14-16-31(63)17-15-29)57-46(71)40(27(2)3)61-42(67)33(12-8-18-54-49(51)52)56-41(66)32(50)23-39(64)65/h5-7,10-11,14-17,24,26-27,32-38,40,63H,4,8-9,12-13,18-23,25,50H2,1-3H3,(H,53,55)(H,56,66)(H,57,71)(H,58,69)(H,59,70)(H,60,68)(H,61,67)(H,64,65)(H,73,74)(H4,51,52,54)/t32-,33-,34-,35-,36-,37-,38-,40-/m0/s1. The average molecular weight is 1060 g/mol. The molecule has 0 bridgehead atoms. The van der Waals surface area contributed by atoms with Gasteiger partial charge in [0.05, 0.1) is 18.8 Å². The van der Waals surface area contributed by atoms with Crippen molar-refractivity contribution in [3.05, 3.63) is 83.9 Å². The highest BCUT2D eigenvalue weighted by Gasteiger charge is 2.40. The maximum atomic E-state index is 14.5. The molecular formula is C49H69N13O12S. The molecule has 1 fully saturated rings. The molecule has 8 atom stereocenters. The number of hydrogen-bond donors (Lipinski definition) is 13. The van der Waals surface area contributed by atoms with Gasteiger partial charge in [0.15, 0.2) is 5.96 Å². The number of nitrogens with two attached hydrogens (primary N) is 3. The lowest BCUT2D eigenvalue weighted by atomic mass is 9.99. The number of phenols is 1. The lowest BCUT2D eigenvalue weighted by Crippen LogP contribution is -2.61. The summed E-state index contributed by atoms with van der Waals surface area (Å²) in [6.07, 6.45) is 2.57. The summed E-state index contributed by atoms with van der Waals surface area (Å²) < 4.78 is 0. The molecule has 3 aromatic rings. The van der Waals surface area contributed by atoms with E-state index >= 15 is 0 Å². The molecule has 75 heavy (non-hydrogen) atoms. The van der Waals surface area contributed by atoms with Gasteiger partial charge in [0.2, 0.25) is 41.4 Å². The number of imidazole rings is 1. The van der Waals surface area contributed by atoms with Crippen molar-refractivity contribution < 1.29 is 58.5 Å². The molecular weight excluding hydrogens is 995 g/mol. The number of amides is 7. The highest BCUT2D eigenvalue weighted by Crippen LogP contribution is 2.21. The molecule has 0 spiro atoms. The third-order valence-electron chi connectivity index (χ3n) is 12.0. The van der Waals surface area contributed by atoms with Crippen LogP contribution in [0.5, 0.6) is 5.75 Å². The van der Waals surface area contributed by atoms with E-state index in [1.807, 2.05) is 6.92 Å². The van der Waals surface area contributed by atoms with Crippen LogP contribution in [0.2, 0.25) is 0 Å². The molecule has 1 aromatic heterocycles. The summed E-state index contributed by atoms with van der Waals surface area (Å²) in [6, 6.07) is 3.96. The number of carboxylic acid groups (broad SMARTS) is 2. The second kappa shape index (κ2) is 29.8. The van der Waals surface area contributed by atoms with Crippen molar-refractivity contribution in [1.82, 2.24) is 46.8 Å². The fourth-order valence-electron chi connectivity index (χ4n) is 8.06. The number of likely N-dealkylation sites (tertiary alicyclic amines) is 1. The third kappa shape index (κ3) is 19.6. The van der Waals surface area contributed by atoms with Crippen molar-refractivity contribution in [3.8, 4) is 5.75 Å². The van der Waals surface area contributed by atoms with Gasteiger partial charge in [-0.15, -0.1) is 0 Å². The van der Waals surface area contributed by atoms with Crippen LogP contribution < -0.4 is 49.1 Å². The number of aliphatic imine (C=N–C) groups is 1. The minimum Gasteiger partial charge on any atom is -0.508 e. The number of aromatic amines is 1. The van der Waals surface area contributed by atoms with Gasteiger partial charge in [0.25, 0.3) is 0 Å². The number of carboxylic acids is 2. The highest BCUT2D eigenvalue weighted by atomic mass is 32.2. The number of phenolic OH excluding ortho intramolecular Hbond substituents is 1. The van der Waals surface area contributed by atoms with E-state index in [1.165, 1.54) is 53.5 Å². The molecule has 2 aromatic carbocycles. The second-order valence-corrected chi connectivity index (χ2v) is 19.5. The monoisotopic (exact) mass is 1060 g/mol. The van der Waals surface area contributed by atoms with Gasteiger partial charge in [-0.2, -0.15) is 11.8 Å². The van der Waals surface area contributed by atoms with Gasteiger partial charge < -0.3 is 74.3 Å². The number of rotatable bonds is 30. The van der Waals surface area contributed by atoms with E-state index < -0.39 is 114 Å². The molecule has 408 valence electrons. The van der Waals surface area contributed by atoms with Crippen molar-refractivity contribution in [3.63, 3.8) is 0 Å². The van der Waals surface area contributed by atoms with Crippen molar-refractivity contribution in [2.45, 2.75) is 120 Å². The van der Waals surface area contributed by atoms with Crippen LogP contribution in [0.4, 0.5) is 0 Å². The van der Waals surface area contributed by atoms with E-state index in [4.69, 9.17) is 22.3 Å². The summed E-state index contributed by atoms with van der Waals surface area (Å²) in [7, 11) is 0. The zero-order chi connectivity index (χ0) is 55.2. The molecule has 2 heterocycles. The summed E-state index contributed by atoms with van der Waals surface area (Å²) in [5.41, 5.74) is 18.2. The maximum absolute atomic E-state index is 14.5. The fraction of sp³-hybridized carbons (Fsp3) is 0.490. The van der Waals surface area contributed by atoms with Crippen molar-refractivity contribution >= 4 is 71.0 Å². The molecule has 1 aliphatic rings. The number of guanidine groups is 1. The normalized spacial score (nSPS) is 15.9. The minimum atomic E-state index is -1.51. The van der Waals surface area contributed by atoms with E-state index in [0.29, 0.717) is 29.0 Å². The molecule has 25 nitrogen and oxygen atoms in total. The largest absolute Gasteiger partial charge is 0.508 e. The van der Waals surface area contributed by atoms with E-state index in [0.717, 1.165) is 0 Å². The zero-order valence-electron chi connectivity index (χ0n) is 42.0. The first-order chi connectivity index (χ1) is 35.7. The van der Waals surface area contributed by atoms with Crippen molar-refractivity contribution in [2.75, 3.05) is 24.6 Å². The Hall–Kier alpha value is -7.74. The number of aromatic nitrogens is 2. The Balaban J connectivity index is 1.58. The van der Waals surface area contributed by atoms with Gasteiger partial charge >= 0.3 is 11.9 Å². The number of thioether (sulfide) groups is 1. The number of hydrogen-bond acceptors (Lipinski definition) is 14. The molecule has 0 unspecified atom stereocenters. The zero-order valence-corrected chi connectivity index (χ0v) is 42.8. The van der Waals surface area contributed by atoms with Crippen LogP contribution in [0.15, 0.2) is 72.1 Å². The van der Waals surface area contributed by atoms with E-state index in [2.05, 4.69) is 46.9 Å². The Morgan fingerprint density at radius 2 is 1.39 bits per heavy atom. The fourth-order valence-corrected chi connectivity index (χ4v) is 8.77. The van der Waals surface area contributed by atoms with E-state index in [9.17, 15) is 53.4 Å². The Morgan fingerprint density at radius 1 is 0.773 bits per heavy atom. The second-order valence-electron chi connectivity index (χ2n) is 18.2. The predicted molar refractivity (Wildman–Crippen MR) is 276 cm³/mol. The van der Waals surface area contributed by atoms with Crippen LogP contribution in [-0.2, 0) is 62.4 Å². The highest BCUT2D eigenvalue weighted by molar-refractivity contribution is 7.99.